The molecule has 6 heteroatoms. The van der Waals surface area contributed by atoms with Crippen molar-refractivity contribution in [2.24, 2.45) is 0 Å². The van der Waals surface area contributed by atoms with Gasteiger partial charge in [0.15, 0.2) is 0 Å². The van der Waals surface area contributed by atoms with Crippen LogP contribution in [0.4, 0.5) is 5.69 Å². The van der Waals surface area contributed by atoms with Crippen molar-refractivity contribution in [1.29, 1.82) is 0 Å². The van der Waals surface area contributed by atoms with Crippen LogP contribution in [-0.4, -0.2) is 20.7 Å². The van der Waals surface area contributed by atoms with E-state index in [9.17, 15) is 4.79 Å². The van der Waals surface area contributed by atoms with Crippen molar-refractivity contribution in [1.82, 2.24) is 14.8 Å². The maximum Gasteiger partial charge on any atom is 0.257 e. The van der Waals surface area contributed by atoms with Crippen molar-refractivity contribution in [3.8, 4) is 5.69 Å². The molecule has 1 amide bonds. The monoisotopic (exact) mass is 342 g/mol. The lowest BCUT2D eigenvalue weighted by Gasteiger charge is -2.06. The number of anilines is 1. The fourth-order valence-electron chi connectivity index (χ4n) is 1.84. The van der Waals surface area contributed by atoms with Crippen LogP contribution in [0.3, 0.4) is 0 Å². The summed E-state index contributed by atoms with van der Waals surface area (Å²) in [6, 6.07) is 10.9. The number of carbonyl (C=O) groups excluding carboxylic acids is 1. The molecule has 3 rings (SSSR count). The summed E-state index contributed by atoms with van der Waals surface area (Å²) in [4.78, 5) is 15.9. The summed E-state index contributed by atoms with van der Waals surface area (Å²) in [5.41, 5.74) is 2.16. The van der Waals surface area contributed by atoms with Crippen LogP contribution >= 0.6 is 15.9 Å². The van der Waals surface area contributed by atoms with Gasteiger partial charge in [-0.3, -0.25) is 9.78 Å². The van der Waals surface area contributed by atoms with Gasteiger partial charge in [-0.25, -0.2) is 4.68 Å². The van der Waals surface area contributed by atoms with E-state index in [0.717, 1.165) is 15.8 Å². The average Bonchev–Trinajstić information content (AvgIpc) is 2.95. The lowest BCUT2D eigenvalue weighted by atomic mass is 10.2. The molecular weight excluding hydrogens is 332 g/mol. The molecule has 0 spiro atoms. The summed E-state index contributed by atoms with van der Waals surface area (Å²) in [7, 11) is 0. The Balaban J connectivity index is 1.74. The van der Waals surface area contributed by atoms with E-state index in [1.807, 2.05) is 30.5 Å². The van der Waals surface area contributed by atoms with Gasteiger partial charge in [-0.15, -0.1) is 0 Å². The number of hydrogen-bond donors (Lipinski definition) is 1. The Hall–Kier alpha value is -2.47. The van der Waals surface area contributed by atoms with Crippen LogP contribution in [0.1, 0.15) is 10.4 Å². The topological polar surface area (TPSA) is 59.8 Å². The van der Waals surface area contributed by atoms with Gasteiger partial charge in [-0.2, -0.15) is 5.10 Å². The molecule has 0 fully saturated rings. The van der Waals surface area contributed by atoms with Gasteiger partial charge in [0.05, 0.1) is 21.9 Å². The number of aromatic nitrogens is 3. The molecule has 1 aromatic carbocycles. The minimum absolute atomic E-state index is 0.183. The summed E-state index contributed by atoms with van der Waals surface area (Å²) in [5.74, 6) is -0.183. The average molecular weight is 343 g/mol. The fourth-order valence-corrected chi connectivity index (χ4v) is 2.13. The summed E-state index contributed by atoms with van der Waals surface area (Å²) < 4.78 is 2.66. The molecule has 0 aliphatic carbocycles. The van der Waals surface area contributed by atoms with Crippen molar-refractivity contribution >= 4 is 27.5 Å². The number of hydrogen-bond acceptors (Lipinski definition) is 3. The standard InChI is InChI=1S/C15H11BrN4O/c16-12-9-18-20(10-12)14-5-3-13(4-6-14)19-15(21)11-2-1-7-17-8-11/h1-10H,(H,19,21). The largest absolute Gasteiger partial charge is 0.322 e. The van der Waals surface area contributed by atoms with Gasteiger partial charge in [0, 0.05) is 24.3 Å². The van der Waals surface area contributed by atoms with E-state index in [2.05, 4.69) is 31.3 Å². The van der Waals surface area contributed by atoms with Crippen LogP contribution in [-0.2, 0) is 0 Å². The molecule has 1 N–H and O–H groups in total. The van der Waals surface area contributed by atoms with Crippen LogP contribution in [0.2, 0.25) is 0 Å². The number of carbonyl (C=O) groups is 1. The molecule has 3 aromatic rings. The van der Waals surface area contributed by atoms with Gasteiger partial charge in [-0.1, -0.05) is 0 Å². The molecule has 0 saturated carbocycles. The molecule has 104 valence electrons. The fraction of sp³-hybridized carbons (Fsp3) is 0. The molecule has 0 radical (unpaired) electrons. The third-order valence-corrected chi connectivity index (χ3v) is 3.27. The molecular formula is C15H11BrN4O. The van der Waals surface area contributed by atoms with Gasteiger partial charge in [0.1, 0.15) is 0 Å². The Morgan fingerprint density at radius 3 is 2.57 bits per heavy atom. The third kappa shape index (κ3) is 3.17. The highest BCUT2D eigenvalue weighted by atomic mass is 79.9. The lowest BCUT2D eigenvalue weighted by Crippen LogP contribution is -2.11. The number of halogens is 1. The Morgan fingerprint density at radius 1 is 1.14 bits per heavy atom. The van der Waals surface area contributed by atoms with Gasteiger partial charge in [0.2, 0.25) is 0 Å². The first-order chi connectivity index (χ1) is 10.2. The van der Waals surface area contributed by atoms with Crippen molar-refractivity contribution in [2.45, 2.75) is 0 Å². The van der Waals surface area contributed by atoms with E-state index < -0.39 is 0 Å². The minimum atomic E-state index is -0.183. The molecule has 0 saturated heterocycles. The van der Waals surface area contributed by atoms with Gasteiger partial charge in [-0.05, 0) is 52.3 Å². The van der Waals surface area contributed by atoms with Crippen LogP contribution in [0.15, 0.2) is 65.7 Å². The second-order valence-electron chi connectivity index (χ2n) is 4.35. The summed E-state index contributed by atoms with van der Waals surface area (Å²) >= 11 is 3.36. The second-order valence-corrected chi connectivity index (χ2v) is 5.26. The van der Waals surface area contributed by atoms with Crippen molar-refractivity contribution in [3.63, 3.8) is 0 Å². The van der Waals surface area contributed by atoms with E-state index in [-0.39, 0.29) is 5.91 Å². The highest BCUT2D eigenvalue weighted by Crippen LogP contribution is 2.16. The Morgan fingerprint density at radius 2 is 1.95 bits per heavy atom. The molecule has 0 aliphatic rings. The van der Waals surface area contributed by atoms with E-state index in [4.69, 9.17) is 0 Å². The van der Waals surface area contributed by atoms with Crippen LogP contribution in [0.25, 0.3) is 5.69 Å². The van der Waals surface area contributed by atoms with E-state index in [0.29, 0.717) is 5.56 Å². The number of nitrogens with zero attached hydrogens (tertiary/aromatic N) is 3. The van der Waals surface area contributed by atoms with Gasteiger partial charge in [0.25, 0.3) is 5.91 Å². The first-order valence-corrected chi connectivity index (χ1v) is 7.04. The molecule has 2 aromatic heterocycles. The first kappa shape index (κ1) is 13.5. The van der Waals surface area contributed by atoms with Crippen LogP contribution < -0.4 is 5.32 Å². The minimum Gasteiger partial charge on any atom is -0.322 e. The van der Waals surface area contributed by atoms with E-state index >= 15 is 0 Å². The summed E-state index contributed by atoms with van der Waals surface area (Å²) in [5, 5.41) is 7.02. The summed E-state index contributed by atoms with van der Waals surface area (Å²) in [6.07, 6.45) is 6.75. The molecule has 2 heterocycles. The van der Waals surface area contributed by atoms with Crippen molar-refractivity contribution < 1.29 is 4.79 Å². The second kappa shape index (κ2) is 5.88. The zero-order valence-corrected chi connectivity index (χ0v) is 12.5. The number of nitrogens with one attached hydrogen (secondary N) is 1. The summed E-state index contributed by atoms with van der Waals surface area (Å²) in [6.45, 7) is 0. The zero-order chi connectivity index (χ0) is 14.7. The molecule has 5 nitrogen and oxygen atoms in total. The highest BCUT2D eigenvalue weighted by Gasteiger charge is 2.06. The molecule has 21 heavy (non-hydrogen) atoms. The molecule has 0 bridgehead atoms. The third-order valence-electron chi connectivity index (χ3n) is 2.86. The molecule has 0 atom stereocenters. The Bertz CT molecular complexity index is 753. The number of benzene rings is 1. The maximum absolute atomic E-state index is 12.0. The lowest BCUT2D eigenvalue weighted by molar-refractivity contribution is 0.102. The van der Waals surface area contributed by atoms with Crippen molar-refractivity contribution in [3.05, 3.63) is 71.2 Å². The van der Waals surface area contributed by atoms with Gasteiger partial charge < -0.3 is 5.32 Å². The number of amides is 1. The number of rotatable bonds is 3. The predicted octanol–water partition coefficient (Wildman–Crippen LogP) is 3.28. The quantitative estimate of drug-likeness (QED) is 0.794. The smallest absolute Gasteiger partial charge is 0.257 e. The zero-order valence-electron chi connectivity index (χ0n) is 10.9. The normalized spacial score (nSPS) is 10.3. The Kier molecular flexibility index (Phi) is 3.79. The molecule has 0 aliphatic heterocycles. The maximum atomic E-state index is 12.0. The van der Waals surface area contributed by atoms with Crippen LogP contribution in [0.5, 0.6) is 0 Å². The van der Waals surface area contributed by atoms with E-state index in [1.54, 1.807) is 29.2 Å². The van der Waals surface area contributed by atoms with E-state index in [1.165, 1.54) is 6.20 Å². The predicted molar refractivity (Wildman–Crippen MR) is 83.5 cm³/mol. The first-order valence-electron chi connectivity index (χ1n) is 6.24. The SMILES string of the molecule is O=C(Nc1ccc(-n2cc(Br)cn2)cc1)c1cccnc1. The molecule has 0 unspecified atom stereocenters. The van der Waals surface area contributed by atoms with Crippen LogP contribution in [0, 0.1) is 0 Å². The van der Waals surface area contributed by atoms with Gasteiger partial charge >= 0.3 is 0 Å². The highest BCUT2D eigenvalue weighted by molar-refractivity contribution is 9.10. The Labute approximate surface area is 129 Å². The van der Waals surface area contributed by atoms with Crippen molar-refractivity contribution in [2.75, 3.05) is 5.32 Å². The number of pyridine rings is 1.